The predicted octanol–water partition coefficient (Wildman–Crippen LogP) is 1.41. The Morgan fingerprint density at radius 2 is 2.36 bits per heavy atom. The van der Waals surface area contributed by atoms with Crippen LogP contribution in [-0.4, -0.2) is 13.8 Å². The van der Waals surface area contributed by atoms with Crippen LogP contribution in [0.3, 0.4) is 0 Å². The highest BCUT2D eigenvalue weighted by atomic mass is 19.1. The van der Waals surface area contributed by atoms with E-state index in [1.54, 1.807) is 0 Å². The highest BCUT2D eigenvalue weighted by molar-refractivity contribution is 5.39. The lowest BCUT2D eigenvalue weighted by molar-refractivity contribution is -0.0191. The molecule has 1 aromatic carbocycles. The normalized spacial score (nSPS) is 14.7. The first kappa shape index (κ1) is 9.43. The summed E-state index contributed by atoms with van der Waals surface area (Å²) >= 11 is 0. The van der Waals surface area contributed by atoms with Crippen molar-refractivity contribution in [1.82, 2.24) is 5.32 Å². The van der Waals surface area contributed by atoms with Gasteiger partial charge in [-0.1, -0.05) is 0 Å². The van der Waals surface area contributed by atoms with E-state index in [-0.39, 0.29) is 12.6 Å². The summed E-state index contributed by atoms with van der Waals surface area (Å²) in [6, 6.07) is 3.38. The van der Waals surface area contributed by atoms with Gasteiger partial charge in [0.15, 0.2) is 18.4 Å². The molecule has 1 N–H and O–H groups in total. The minimum atomic E-state index is -0.309. The number of ether oxygens (including phenoxy) is 2. The van der Waals surface area contributed by atoms with Gasteiger partial charge in [0.25, 0.3) is 0 Å². The van der Waals surface area contributed by atoms with E-state index in [4.69, 9.17) is 9.47 Å². The number of hydrogen-bond acceptors (Lipinski definition) is 3. The Hall–Kier alpha value is -1.13. The molecular weight excluding hydrogens is 185 g/mol. The van der Waals surface area contributed by atoms with Gasteiger partial charge in [-0.25, -0.2) is 4.39 Å². The van der Waals surface area contributed by atoms with Crippen LogP contribution in [0.15, 0.2) is 12.1 Å². The van der Waals surface area contributed by atoms with Crippen LogP contribution < -0.4 is 10.1 Å². The molecule has 0 saturated carbocycles. The monoisotopic (exact) mass is 197 g/mol. The molecule has 0 unspecified atom stereocenters. The summed E-state index contributed by atoms with van der Waals surface area (Å²) in [4.78, 5) is 0. The number of nitrogens with one attached hydrogen (secondary N) is 1. The third kappa shape index (κ3) is 1.71. The molecule has 76 valence electrons. The van der Waals surface area contributed by atoms with Crippen LogP contribution in [0, 0.1) is 5.82 Å². The smallest absolute Gasteiger partial charge is 0.189 e. The number of rotatable bonds is 2. The van der Waals surface area contributed by atoms with Gasteiger partial charge in [-0.15, -0.1) is 0 Å². The van der Waals surface area contributed by atoms with Gasteiger partial charge in [0.2, 0.25) is 0 Å². The van der Waals surface area contributed by atoms with Crippen molar-refractivity contribution in [2.75, 3.05) is 13.8 Å². The number of hydrogen-bond donors (Lipinski definition) is 1. The van der Waals surface area contributed by atoms with Crippen molar-refractivity contribution >= 4 is 0 Å². The molecule has 0 radical (unpaired) electrons. The maximum Gasteiger partial charge on any atom is 0.189 e. The van der Waals surface area contributed by atoms with Crippen LogP contribution in [0.25, 0.3) is 0 Å². The van der Waals surface area contributed by atoms with E-state index in [2.05, 4.69) is 5.32 Å². The molecule has 0 aliphatic carbocycles. The van der Waals surface area contributed by atoms with Gasteiger partial charge in [0, 0.05) is 12.1 Å². The number of benzene rings is 1. The van der Waals surface area contributed by atoms with Crippen LogP contribution in [0.1, 0.15) is 11.1 Å². The van der Waals surface area contributed by atoms with Gasteiger partial charge < -0.3 is 14.8 Å². The minimum Gasteiger partial charge on any atom is -0.464 e. The molecule has 2 rings (SSSR count). The molecule has 4 heteroatoms. The first-order valence-corrected chi connectivity index (χ1v) is 4.47. The summed E-state index contributed by atoms with van der Waals surface area (Å²) in [5.74, 6) is 0.0205. The van der Waals surface area contributed by atoms with Crippen LogP contribution in [0.4, 0.5) is 4.39 Å². The maximum absolute atomic E-state index is 13.4. The summed E-state index contributed by atoms with van der Waals surface area (Å²) in [5.41, 5.74) is 1.68. The third-order valence-electron chi connectivity index (χ3n) is 2.11. The fraction of sp³-hybridized carbons (Fsp3) is 0.400. The van der Waals surface area contributed by atoms with Gasteiger partial charge in [-0.2, -0.15) is 0 Å². The molecule has 1 aliphatic rings. The average molecular weight is 197 g/mol. The van der Waals surface area contributed by atoms with Crippen LogP contribution in [0.5, 0.6) is 5.75 Å². The van der Waals surface area contributed by atoms with Crippen molar-refractivity contribution < 1.29 is 13.9 Å². The molecule has 1 aliphatic heterocycles. The summed E-state index contributed by atoms with van der Waals surface area (Å²) in [6.07, 6.45) is 0. The highest BCUT2D eigenvalue weighted by Crippen LogP contribution is 2.28. The fourth-order valence-corrected chi connectivity index (χ4v) is 1.54. The Kier molecular flexibility index (Phi) is 2.65. The van der Waals surface area contributed by atoms with Gasteiger partial charge in [-0.05, 0) is 24.7 Å². The Morgan fingerprint density at radius 3 is 3.14 bits per heavy atom. The number of fused-ring (bicyclic) bond motifs is 1. The topological polar surface area (TPSA) is 30.5 Å². The second-order valence-corrected chi connectivity index (χ2v) is 3.21. The Balaban J connectivity index is 2.36. The van der Waals surface area contributed by atoms with Gasteiger partial charge >= 0.3 is 0 Å². The second kappa shape index (κ2) is 3.94. The lowest BCUT2D eigenvalue weighted by Crippen LogP contribution is -2.14. The summed E-state index contributed by atoms with van der Waals surface area (Å²) in [7, 11) is 1.82. The van der Waals surface area contributed by atoms with E-state index in [0.717, 1.165) is 11.1 Å². The SMILES string of the molecule is CNCc1cc(F)c2c(c1)COCO2. The summed E-state index contributed by atoms with van der Waals surface area (Å²) in [6.45, 7) is 1.20. The van der Waals surface area contributed by atoms with Gasteiger partial charge in [-0.3, -0.25) is 0 Å². The molecule has 0 spiro atoms. The molecule has 14 heavy (non-hydrogen) atoms. The Labute approximate surface area is 81.8 Å². The molecule has 0 amide bonds. The van der Waals surface area contributed by atoms with E-state index in [1.165, 1.54) is 6.07 Å². The fourth-order valence-electron chi connectivity index (χ4n) is 1.54. The standard InChI is InChI=1S/C10H12FNO2/c1-12-4-7-2-8-5-13-6-14-10(8)9(11)3-7/h2-3,12H,4-6H2,1H3. The number of halogens is 1. The van der Waals surface area contributed by atoms with Crippen molar-refractivity contribution in [1.29, 1.82) is 0 Å². The van der Waals surface area contributed by atoms with Crippen LogP contribution >= 0.6 is 0 Å². The van der Waals surface area contributed by atoms with Crippen LogP contribution in [0.2, 0.25) is 0 Å². The average Bonchev–Trinajstić information content (AvgIpc) is 2.18. The van der Waals surface area contributed by atoms with Crippen molar-refractivity contribution in [3.63, 3.8) is 0 Å². The molecule has 1 aromatic rings. The Bertz CT molecular complexity index is 341. The largest absolute Gasteiger partial charge is 0.464 e. The van der Waals surface area contributed by atoms with Crippen molar-refractivity contribution in [3.05, 3.63) is 29.1 Å². The molecule has 0 atom stereocenters. The quantitative estimate of drug-likeness (QED) is 0.777. The molecule has 3 nitrogen and oxygen atoms in total. The van der Waals surface area contributed by atoms with E-state index >= 15 is 0 Å². The van der Waals surface area contributed by atoms with E-state index < -0.39 is 0 Å². The lowest BCUT2D eigenvalue weighted by Gasteiger charge is -2.19. The Morgan fingerprint density at radius 1 is 1.50 bits per heavy atom. The molecular formula is C10H12FNO2. The molecule has 0 bridgehead atoms. The third-order valence-corrected chi connectivity index (χ3v) is 2.11. The van der Waals surface area contributed by atoms with Crippen molar-refractivity contribution in [3.8, 4) is 5.75 Å². The molecule has 1 heterocycles. The predicted molar refractivity (Wildman–Crippen MR) is 49.4 cm³/mol. The minimum absolute atomic E-state index is 0.134. The molecule has 0 saturated heterocycles. The molecule has 0 fully saturated rings. The zero-order chi connectivity index (χ0) is 9.97. The van der Waals surface area contributed by atoms with Crippen molar-refractivity contribution in [2.24, 2.45) is 0 Å². The summed E-state index contributed by atoms with van der Waals surface area (Å²) in [5, 5.41) is 2.97. The van der Waals surface area contributed by atoms with Gasteiger partial charge in [0.1, 0.15) is 0 Å². The highest BCUT2D eigenvalue weighted by Gasteiger charge is 2.16. The lowest BCUT2D eigenvalue weighted by atomic mass is 10.1. The second-order valence-electron chi connectivity index (χ2n) is 3.21. The first-order valence-electron chi connectivity index (χ1n) is 4.47. The zero-order valence-corrected chi connectivity index (χ0v) is 7.97. The van der Waals surface area contributed by atoms with Crippen molar-refractivity contribution in [2.45, 2.75) is 13.2 Å². The first-order chi connectivity index (χ1) is 6.81. The molecule has 0 aromatic heterocycles. The zero-order valence-electron chi connectivity index (χ0n) is 7.97. The van der Waals surface area contributed by atoms with E-state index in [9.17, 15) is 4.39 Å². The summed E-state index contributed by atoms with van der Waals surface area (Å²) < 4.78 is 23.6. The van der Waals surface area contributed by atoms with E-state index in [1.807, 2.05) is 13.1 Å². The maximum atomic E-state index is 13.4. The van der Waals surface area contributed by atoms with Gasteiger partial charge in [0.05, 0.1) is 6.61 Å². The van der Waals surface area contributed by atoms with E-state index in [0.29, 0.717) is 18.9 Å². The van der Waals surface area contributed by atoms with Crippen LogP contribution in [-0.2, 0) is 17.9 Å².